The first kappa shape index (κ1) is 13.0. The molecule has 0 radical (unpaired) electrons. The number of thiophene rings is 1. The molecular weight excluding hydrogens is 276 g/mol. The molecule has 2 aromatic heterocycles. The molecule has 0 aromatic carbocycles. The lowest BCUT2D eigenvalue weighted by Gasteiger charge is -2.34. The van der Waals surface area contributed by atoms with Crippen LogP contribution in [0.25, 0.3) is 10.2 Å². The van der Waals surface area contributed by atoms with E-state index in [-0.39, 0.29) is 6.10 Å². The number of ether oxygens (including phenoxy) is 1. The van der Waals surface area contributed by atoms with E-state index in [1.54, 1.807) is 17.5 Å². The summed E-state index contributed by atoms with van der Waals surface area (Å²) in [5.74, 6) is 0. The van der Waals surface area contributed by atoms with Crippen LogP contribution in [0.2, 0.25) is 0 Å². The topological polar surface area (TPSA) is 94.5 Å². The molecule has 1 amide bonds. The van der Waals surface area contributed by atoms with Gasteiger partial charge in [-0.25, -0.2) is 9.78 Å². The fraction of sp³-hybridized carbons (Fsp3) is 0.385. The van der Waals surface area contributed by atoms with Crippen molar-refractivity contribution in [2.45, 2.75) is 18.9 Å². The maximum Gasteiger partial charge on any atom is 0.404 e. The molecule has 3 rings (SSSR count). The summed E-state index contributed by atoms with van der Waals surface area (Å²) < 4.78 is 5.12. The maximum absolute atomic E-state index is 10.9. The van der Waals surface area contributed by atoms with Gasteiger partial charge in [-0.15, -0.1) is 11.3 Å². The minimum atomic E-state index is -0.722. The van der Waals surface area contributed by atoms with Crippen LogP contribution in [0.15, 0.2) is 17.6 Å². The molecule has 0 saturated carbocycles. The molecule has 0 spiro atoms. The van der Waals surface area contributed by atoms with Gasteiger partial charge in [0.2, 0.25) is 0 Å². The van der Waals surface area contributed by atoms with Crippen LogP contribution in [0.4, 0.5) is 16.2 Å². The molecule has 4 N–H and O–H groups in total. The molecule has 3 heterocycles. The molecule has 20 heavy (non-hydrogen) atoms. The molecule has 0 aliphatic carbocycles. The van der Waals surface area contributed by atoms with E-state index in [9.17, 15) is 4.79 Å². The Morgan fingerprint density at radius 1 is 1.55 bits per heavy atom. The first-order chi connectivity index (χ1) is 9.65. The third-order valence-electron chi connectivity index (χ3n) is 3.47. The van der Waals surface area contributed by atoms with Gasteiger partial charge in [0.15, 0.2) is 0 Å². The van der Waals surface area contributed by atoms with Crippen molar-refractivity contribution in [3.63, 3.8) is 0 Å². The van der Waals surface area contributed by atoms with E-state index in [0.29, 0.717) is 12.2 Å². The summed E-state index contributed by atoms with van der Waals surface area (Å²) in [7, 11) is 0. The van der Waals surface area contributed by atoms with Gasteiger partial charge >= 0.3 is 6.09 Å². The number of hydrogen-bond donors (Lipinski definition) is 2. The number of nitrogen functional groups attached to an aromatic ring is 1. The number of nitrogens with two attached hydrogens (primary N) is 2. The zero-order valence-electron chi connectivity index (χ0n) is 10.9. The summed E-state index contributed by atoms with van der Waals surface area (Å²) in [6, 6.07) is 2.03. The zero-order valence-corrected chi connectivity index (χ0v) is 11.7. The van der Waals surface area contributed by atoms with Crippen LogP contribution >= 0.6 is 11.3 Å². The van der Waals surface area contributed by atoms with Crippen molar-refractivity contribution in [1.29, 1.82) is 0 Å². The number of anilines is 2. The smallest absolute Gasteiger partial charge is 0.404 e. The highest BCUT2D eigenvalue weighted by Gasteiger charge is 2.25. The Bertz CT molecular complexity index is 642. The van der Waals surface area contributed by atoms with Crippen molar-refractivity contribution in [2.24, 2.45) is 5.73 Å². The highest BCUT2D eigenvalue weighted by molar-refractivity contribution is 7.16. The normalized spacial score (nSPS) is 19.2. The molecule has 106 valence electrons. The van der Waals surface area contributed by atoms with Crippen LogP contribution in [-0.2, 0) is 4.74 Å². The molecular formula is C13H16N4O2S. The monoisotopic (exact) mass is 292 g/mol. The maximum atomic E-state index is 10.9. The Kier molecular flexibility index (Phi) is 3.35. The van der Waals surface area contributed by atoms with Crippen molar-refractivity contribution in [1.82, 2.24) is 4.98 Å². The molecule has 1 fully saturated rings. The molecule has 1 aliphatic heterocycles. The summed E-state index contributed by atoms with van der Waals surface area (Å²) in [4.78, 5) is 18.3. The summed E-state index contributed by atoms with van der Waals surface area (Å²) in [5, 5.41) is 3.05. The Labute approximate surface area is 120 Å². The Morgan fingerprint density at radius 2 is 2.40 bits per heavy atom. The highest BCUT2D eigenvalue weighted by atomic mass is 32.1. The number of rotatable bonds is 2. The summed E-state index contributed by atoms with van der Waals surface area (Å²) in [6.07, 6.45) is 2.55. The van der Waals surface area contributed by atoms with Gasteiger partial charge in [0.25, 0.3) is 0 Å². The molecule has 1 aliphatic rings. The Hall–Kier alpha value is -2.02. The third kappa shape index (κ3) is 2.36. The predicted molar refractivity (Wildman–Crippen MR) is 79.9 cm³/mol. The van der Waals surface area contributed by atoms with E-state index in [1.807, 2.05) is 11.4 Å². The van der Waals surface area contributed by atoms with Crippen molar-refractivity contribution in [2.75, 3.05) is 23.7 Å². The average Bonchev–Trinajstić information content (AvgIpc) is 2.86. The summed E-state index contributed by atoms with van der Waals surface area (Å²) >= 11 is 1.59. The second kappa shape index (κ2) is 5.16. The van der Waals surface area contributed by atoms with Gasteiger partial charge in [-0.1, -0.05) is 0 Å². The molecule has 0 bridgehead atoms. The van der Waals surface area contributed by atoms with Crippen molar-refractivity contribution in [3.8, 4) is 0 Å². The zero-order chi connectivity index (χ0) is 14.1. The minimum Gasteiger partial charge on any atom is -0.445 e. The summed E-state index contributed by atoms with van der Waals surface area (Å²) in [5.41, 5.74) is 12.8. The Morgan fingerprint density at radius 3 is 3.20 bits per heavy atom. The van der Waals surface area contributed by atoms with Gasteiger partial charge in [0, 0.05) is 11.9 Å². The number of carbonyl (C=O) groups excluding carboxylic acids is 1. The second-order valence-electron chi connectivity index (χ2n) is 4.85. The predicted octanol–water partition coefficient (Wildman–Crippen LogP) is 1.94. The summed E-state index contributed by atoms with van der Waals surface area (Å²) in [6.45, 7) is 1.50. The van der Waals surface area contributed by atoms with Crippen LogP contribution in [0, 0.1) is 0 Å². The SMILES string of the molecule is NC(=O)O[C@H]1CCCN(c2c(N)cnc3sccc23)C1. The number of aromatic nitrogens is 1. The van der Waals surface area contributed by atoms with E-state index in [2.05, 4.69) is 9.88 Å². The number of fused-ring (bicyclic) bond motifs is 1. The van der Waals surface area contributed by atoms with Gasteiger partial charge in [0.05, 0.1) is 24.1 Å². The fourth-order valence-electron chi connectivity index (χ4n) is 2.68. The van der Waals surface area contributed by atoms with Crippen LogP contribution in [0.3, 0.4) is 0 Å². The lowest BCUT2D eigenvalue weighted by molar-refractivity contribution is 0.0967. The number of carbonyl (C=O) groups is 1. The molecule has 7 heteroatoms. The van der Waals surface area contributed by atoms with Gasteiger partial charge < -0.3 is 21.1 Å². The molecule has 6 nitrogen and oxygen atoms in total. The number of piperidine rings is 1. The van der Waals surface area contributed by atoms with Gasteiger partial charge in [-0.05, 0) is 24.3 Å². The van der Waals surface area contributed by atoms with Crippen molar-refractivity contribution < 1.29 is 9.53 Å². The molecule has 2 aromatic rings. The standard InChI is InChI=1S/C13H16N4O2S/c14-10-6-16-12-9(3-5-20-12)11(10)17-4-1-2-8(7-17)19-13(15)18/h3,5-6,8H,1-2,4,7,14H2,(H2,15,18)/t8-/m0/s1. The van der Waals surface area contributed by atoms with Crippen LogP contribution in [-0.4, -0.2) is 30.3 Å². The van der Waals surface area contributed by atoms with E-state index >= 15 is 0 Å². The lowest BCUT2D eigenvalue weighted by atomic mass is 10.1. The van der Waals surface area contributed by atoms with Crippen molar-refractivity contribution >= 4 is 39.0 Å². The van der Waals surface area contributed by atoms with E-state index in [0.717, 1.165) is 35.3 Å². The average molecular weight is 292 g/mol. The fourth-order valence-corrected chi connectivity index (χ4v) is 3.42. The first-order valence-corrected chi connectivity index (χ1v) is 7.36. The van der Waals surface area contributed by atoms with Gasteiger partial charge in [-0.3, -0.25) is 0 Å². The Balaban J connectivity index is 1.92. The molecule has 1 atom stereocenters. The number of primary amides is 1. The largest absolute Gasteiger partial charge is 0.445 e. The van der Waals surface area contributed by atoms with Crippen molar-refractivity contribution in [3.05, 3.63) is 17.6 Å². The van der Waals surface area contributed by atoms with Crippen LogP contribution < -0.4 is 16.4 Å². The highest BCUT2D eigenvalue weighted by Crippen LogP contribution is 2.35. The molecule has 1 saturated heterocycles. The number of hydrogen-bond acceptors (Lipinski definition) is 6. The quantitative estimate of drug-likeness (QED) is 0.882. The number of nitrogens with zero attached hydrogens (tertiary/aromatic N) is 2. The third-order valence-corrected chi connectivity index (χ3v) is 4.29. The van der Waals surface area contributed by atoms with Crippen LogP contribution in [0.5, 0.6) is 0 Å². The van der Waals surface area contributed by atoms with E-state index in [4.69, 9.17) is 16.2 Å². The molecule has 0 unspecified atom stereocenters. The van der Waals surface area contributed by atoms with E-state index in [1.165, 1.54) is 0 Å². The van der Waals surface area contributed by atoms with Gasteiger partial charge in [0.1, 0.15) is 10.9 Å². The lowest BCUT2D eigenvalue weighted by Crippen LogP contribution is -2.41. The number of pyridine rings is 1. The van der Waals surface area contributed by atoms with Crippen LogP contribution in [0.1, 0.15) is 12.8 Å². The first-order valence-electron chi connectivity index (χ1n) is 6.48. The van der Waals surface area contributed by atoms with Gasteiger partial charge in [-0.2, -0.15) is 0 Å². The number of amides is 1. The minimum absolute atomic E-state index is 0.178. The second-order valence-corrected chi connectivity index (χ2v) is 5.74. The van der Waals surface area contributed by atoms with E-state index < -0.39 is 6.09 Å².